The maximum absolute atomic E-state index is 5.90. The molecule has 0 amide bonds. The molecular weight excluding hydrogens is 230 g/mol. The number of aryl methyl sites for hydroxylation is 1. The first-order chi connectivity index (χ1) is 7.27. The Morgan fingerprint density at radius 2 is 1.80 bits per heavy atom. The second-order valence-electron chi connectivity index (χ2n) is 2.88. The van der Waals surface area contributed by atoms with Gasteiger partial charge in [-0.1, -0.05) is 17.7 Å². The molecule has 5 heteroatoms. The van der Waals surface area contributed by atoms with Crippen LogP contribution in [0.2, 0.25) is 5.15 Å². The van der Waals surface area contributed by atoms with E-state index in [1.807, 2.05) is 19.1 Å². The molecule has 0 aliphatic heterocycles. The van der Waals surface area contributed by atoms with Gasteiger partial charge in [0.1, 0.15) is 10.1 Å². The zero-order chi connectivity index (χ0) is 10.7. The zero-order valence-electron chi connectivity index (χ0n) is 8.01. The summed E-state index contributed by atoms with van der Waals surface area (Å²) in [6, 6.07) is 3.90. The lowest BCUT2D eigenvalue weighted by Crippen LogP contribution is -1.88. The van der Waals surface area contributed by atoms with E-state index in [0.29, 0.717) is 10.2 Å². The largest absolute Gasteiger partial charge is 0.249 e. The van der Waals surface area contributed by atoms with E-state index in [1.165, 1.54) is 11.8 Å². The number of pyridine rings is 1. The standard InChI is InChI=1S/C10H8ClN3S/c1-7-3-2-4-13-9(7)15-10-8(11)12-5-6-14-10/h2-6H,1H3. The summed E-state index contributed by atoms with van der Waals surface area (Å²) >= 11 is 7.33. The van der Waals surface area contributed by atoms with Crippen LogP contribution in [-0.4, -0.2) is 15.0 Å². The molecule has 0 aromatic carbocycles. The number of rotatable bonds is 2. The van der Waals surface area contributed by atoms with Gasteiger partial charge in [-0.2, -0.15) is 0 Å². The Kier molecular flexibility index (Phi) is 3.18. The van der Waals surface area contributed by atoms with Crippen molar-refractivity contribution in [2.24, 2.45) is 0 Å². The Bertz CT molecular complexity index is 432. The van der Waals surface area contributed by atoms with Gasteiger partial charge >= 0.3 is 0 Å². The van der Waals surface area contributed by atoms with Gasteiger partial charge in [0.15, 0.2) is 5.15 Å². The fourth-order valence-corrected chi connectivity index (χ4v) is 2.04. The lowest BCUT2D eigenvalue weighted by Gasteiger charge is -2.03. The monoisotopic (exact) mass is 237 g/mol. The minimum absolute atomic E-state index is 0.410. The van der Waals surface area contributed by atoms with Gasteiger partial charge in [0.25, 0.3) is 0 Å². The molecule has 0 atom stereocenters. The highest BCUT2D eigenvalue weighted by Gasteiger charge is 2.07. The molecule has 0 radical (unpaired) electrons. The van der Waals surface area contributed by atoms with Crippen LogP contribution in [0.15, 0.2) is 40.8 Å². The molecule has 3 nitrogen and oxygen atoms in total. The van der Waals surface area contributed by atoms with Gasteiger partial charge in [0, 0.05) is 18.6 Å². The fourth-order valence-electron chi connectivity index (χ4n) is 1.05. The summed E-state index contributed by atoms with van der Waals surface area (Å²) in [5, 5.41) is 1.99. The van der Waals surface area contributed by atoms with Crippen molar-refractivity contribution in [3.05, 3.63) is 41.4 Å². The molecule has 0 spiro atoms. The highest BCUT2D eigenvalue weighted by molar-refractivity contribution is 7.99. The first-order valence-corrected chi connectivity index (χ1v) is 5.53. The van der Waals surface area contributed by atoms with Gasteiger partial charge in [-0.05, 0) is 30.3 Å². The second-order valence-corrected chi connectivity index (χ2v) is 4.22. The molecule has 0 aliphatic rings. The molecule has 0 saturated carbocycles. The predicted molar refractivity (Wildman–Crippen MR) is 60.1 cm³/mol. The Balaban J connectivity index is 2.30. The minimum Gasteiger partial charge on any atom is -0.249 e. The van der Waals surface area contributed by atoms with Gasteiger partial charge in [-0.25, -0.2) is 15.0 Å². The van der Waals surface area contributed by atoms with Crippen molar-refractivity contribution in [1.82, 2.24) is 15.0 Å². The normalized spacial score (nSPS) is 10.3. The fraction of sp³-hybridized carbons (Fsp3) is 0.100. The molecule has 15 heavy (non-hydrogen) atoms. The van der Waals surface area contributed by atoms with Crippen LogP contribution in [0.5, 0.6) is 0 Å². The summed E-state index contributed by atoms with van der Waals surface area (Å²) in [5.74, 6) is 0. The van der Waals surface area contributed by atoms with E-state index in [-0.39, 0.29) is 0 Å². The van der Waals surface area contributed by atoms with E-state index >= 15 is 0 Å². The second kappa shape index (κ2) is 4.59. The maximum atomic E-state index is 5.90. The quantitative estimate of drug-likeness (QED) is 0.805. The van der Waals surface area contributed by atoms with Crippen molar-refractivity contribution in [3.63, 3.8) is 0 Å². The van der Waals surface area contributed by atoms with Crippen LogP contribution in [0.4, 0.5) is 0 Å². The average Bonchev–Trinajstić information content (AvgIpc) is 2.24. The third-order valence-electron chi connectivity index (χ3n) is 1.78. The van der Waals surface area contributed by atoms with Crippen molar-refractivity contribution in [3.8, 4) is 0 Å². The Hall–Kier alpha value is -1.13. The lowest BCUT2D eigenvalue weighted by atomic mass is 10.3. The van der Waals surface area contributed by atoms with Crippen molar-refractivity contribution in [2.45, 2.75) is 17.0 Å². The van der Waals surface area contributed by atoms with E-state index < -0.39 is 0 Å². The van der Waals surface area contributed by atoms with Crippen LogP contribution in [-0.2, 0) is 0 Å². The van der Waals surface area contributed by atoms with Crippen molar-refractivity contribution < 1.29 is 0 Å². The van der Waals surface area contributed by atoms with Crippen LogP contribution < -0.4 is 0 Å². The average molecular weight is 238 g/mol. The maximum Gasteiger partial charge on any atom is 0.161 e. The third-order valence-corrected chi connectivity index (χ3v) is 3.28. The molecular formula is C10H8ClN3S. The minimum atomic E-state index is 0.410. The third kappa shape index (κ3) is 2.46. The number of hydrogen-bond acceptors (Lipinski definition) is 4. The molecule has 2 aromatic rings. The number of halogens is 1. The van der Waals surface area contributed by atoms with Crippen LogP contribution in [0.3, 0.4) is 0 Å². The predicted octanol–water partition coefficient (Wildman–Crippen LogP) is 2.98. The summed E-state index contributed by atoms with van der Waals surface area (Å²) in [5.41, 5.74) is 1.10. The first kappa shape index (κ1) is 10.4. The SMILES string of the molecule is Cc1cccnc1Sc1nccnc1Cl. The van der Waals surface area contributed by atoms with E-state index in [2.05, 4.69) is 15.0 Å². The van der Waals surface area contributed by atoms with Gasteiger partial charge in [0.2, 0.25) is 0 Å². The first-order valence-electron chi connectivity index (χ1n) is 4.33. The molecule has 0 N–H and O–H groups in total. The highest BCUT2D eigenvalue weighted by Crippen LogP contribution is 2.30. The van der Waals surface area contributed by atoms with Crippen LogP contribution in [0.25, 0.3) is 0 Å². The Labute approximate surface area is 96.9 Å². The number of nitrogens with zero attached hydrogens (tertiary/aromatic N) is 3. The molecule has 2 rings (SSSR count). The van der Waals surface area contributed by atoms with Gasteiger partial charge in [0.05, 0.1) is 0 Å². The summed E-state index contributed by atoms with van der Waals surface area (Å²) in [4.78, 5) is 12.4. The van der Waals surface area contributed by atoms with Crippen molar-refractivity contribution >= 4 is 23.4 Å². The van der Waals surface area contributed by atoms with Crippen LogP contribution in [0.1, 0.15) is 5.56 Å². The molecule has 0 unspecified atom stereocenters. The summed E-state index contributed by atoms with van der Waals surface area (Å²) in [6.45, 7) is 2.00. The molecule has 2 heterocycles. The van der Waals surface area contributed by atoms with Gasteiger partial charge < -0.3 is 0 Å². The summed E-state index contributed by atoms with van der Waals surface area (Å²) < 4.78 is 0. The molecule has 2 aromatic heterocycles. The summed E-state index contributed by atoms with van der Waals surface area (Å²) in [7, 11) is 0. The highest BCUT2D eigenvalue weighted by atomic mass is 35.5. The smallest absolute Gasteiger partial charge is 0.161 e. The van der Waals surface area contributed by atoms with E-state index in [9.17, 15) is 0 Å². The van der Waals surface area contributed by atoms with Gasteiger partial charge in [-0.15, -0.1) is 0 Å². The molecule has 0 aliphatic carbocycles. The summed E-state index contributed by atoms with van der Waals surface area (Å²) in [6.07, 6.45) is 4.93. The van der Waals surface area contributed by atoms with Crippen LogP contribution in [0, 0.1) is 6.92 Å². The van der Waals surface area contributed by atoms with E-state index in [4.69, 9.17) is 11.6 Å². The zero-order valence-corrected chi connectivity index (χ0v) is 9.59. The van der Waals surface area contributed by atoms with Crippen molar-refractivity contribution in [2.75, 3.05) is 0 Å². The van der Waals surface area contributed by atoms with Crippen molar-refractivity contribution in [1.29, 1.82) is 0 Å². The molecule has 0 bridgehead atoms. The van der Waals surface area contributed by atoms with E-state index in [1.54, 1.807) is 18.6 Å². The molecule has 0 saturated heterocycles. The van der Waals surface area contributed by atoms with E-state index in [0.717, 1.165) is 10.6 Å². The molecule has 0 fully saturated rings. The lowest BCUT2D eigenvalue weighted by molar-refractivity contribution is 1.03. The Morgan fingerprint density at radius 3 is 2.53 bits per heavy atom. The van der Waals surface area contributed by atoms with Crippen LogP contribution >= 0.6 is 23.4 Å². The topological polar surface area (TPSA) is 38.7 Å². The molecule has 76 valence electrons. The number of aromatic nitrogens is 3. The Morgan fingerprint density at radius 1 is 1.07 bits per heavy atom. The number of hydrogen-bond donors (Lipinski definition) is 0. The van der Waals surface area contributed by atoms with Gasteiger partial charge in [-0.3, -0.25) is 0 Å².